The molecule has 0 atom stereocenters. The molecule has 0 N–H and O–H groups in total. The van der Waals surface area contributed by atoms with Crippen LogP contribution in [-0.2, 0) is 10.8 Å². The first kappa shape index (κ1) is 32.3. The van der Waals surface area contributed by atoms with Crippen molar-refractivity contribution in [3.8, 4) is 11.4 Å². The molecule has 12 aromatic rings. The molecule has 0 radical (unpaired) electrons. The molecule has 7 heterocycles. The Morgan fingerprint density at radius 2 is 1.03 bits per heavy atom. The van der Waals surface area contributed by atoms with Crippen LogP contribution in [0.5, 0.6) is 0 Å². The van der Waals surface area contributed by atoms with E-state index in [9.17, 15) is 0 Å². The first-order valence-electron chi connectivity index (χ1n) is 21.1. The third kappa shape index (κ3) is 3.72. The van der Waals surface area contributed by atoms with E-state index in [0.717, 1.165) is 16.6 Å². The van der Waals surface area contributed by atoms with Crippen molar-refractivity contribution in [2.75, 3.05) is 0 Å². The maximum atomic E-state index is 6.65. The minimum atomic E-state index is -0.0184. The van der Waals surface area contributed by atoms with Crippen LogP contribution in [0.25, 0.3) is 99.3 Å². The third-order valence-electron chi connectivity index (χ3n) is 14.0. The highest BCUT2D eigenvalue weighted by molar-refractivity contribution is 7.02. The molecule has 0 aliphatic carbocycles. The fourth-order valence-corrected chi connectivity index (χ4v) is 11.4. The lowest BCUT2D eigenvalue weighted by molar-refractivity contribution is 0.590. The Hall–Kier alpha value is -6.66. The smallest absolute Gasteiger partial charge is 0.258 e. The summed E-state index contributed by atoms with van der Waals surface area (Å²) in [4.78, 5) is 0. The van der Waals surface area contributed by atoms with Crippen LogP contribution in [0.3, 0.4) is 0 Å². The van der Waals surface area contributed by atoms with Crippen molar-refractivity contribution in [3.63, 3.8) is 0 Å². The maximum Gasteiger partial charge on any atom is 0.258 e. The van der Waals surface area contributed by atoms with Gasteiger partial charge in [0, 0.05) is 22.1 Å². The summed E-state index contributed by atoms with van der Waals surface area (Å²) in [6, 6.07) is 46.2. The van der Waals surface area contributed by atoms with Gasteiger partial charge in [-0.15, -0.1) is 0 Å². The van der Waals surface area contributed by atoms with Crippen LogP contribution in [0.2, 0.25) is 0 Å². The molecule has 0 unspecified atom stereocenters. The van der Waals surface area contributed by atoms with Crippen LogP contribution in [0.1, 0.15) is 58.2 Å². The van der Waals surface area contributed by atoms with Gasteiger partial charge in [-0.2, -0.15) is 0 Å². The van der Waals surface area contributed by atoms with Crippen molar-refractivity contribution in [1.29, 1.82) is 0 Å². The Morgan fingerprint density at radius 1 is 0.475 bits per heavy atom. The Labute approximate surface area is 340 Å². The van der Waals surface area contributed by atoms with Gasteiger partial charge < -0.3 is 4.42 Å². The summed E-state index contributed by atoms with van der Waals surface area (Å²) in [5.74, 6) is 0. The molecule has 0 amide bonds. The van der Waals surface area contributed by atoms with Crippen LogP contribution in [0, 0.1) is 6.92 Å². The zero-order valence-corrected chi connectivity index (χ0v) is 34.3. The second kappa shape index (κ2) is 10.1. The molecule has 0 bridgehead atoms. The molecule has 5 aromatic heterocycles. The van der Waals surface area contributed by atoms with Crippen LogP contribution in [-0.4, -0.2) is 24.6 Å². The van der Waals surface area contributed by atoms with Gasteiger partial charge >= 0.3 is 0 Å². The van der Waals surface area contributed by atoms with Crippen molar-refractivity contribution in [1.82, 2.24) is 17.9 Å². The van der Waals surface area contributed by atoms with Gasteiger partial charge in [-0.1, -0.05) is 108 Å². The monoisotopic (exact) mass is 760 g/mol. The van der Waals surface area contributed by atoms with Gasteiger partial charge in [0.05, 0.1) is 38.5 Å². The standard InChI is InChI=1S/C53H41BN4O/c1-28-24-40-47-41(25-28)56-37-22-18-31(53(5,6)7)27-39(37)58-49-35(20-23-43-44(49)33-14-10-11-15-42(33)59-43)46(51(56)58)54(47)45-34-19-16-29-12-8-9-13-32(29)48(34)57-38-26-30(52(2,3)4)17-21-36(38)55(40)50(45)57/h8-27H,1-7H3. The van der Waals surface area contributed by atoms with Crippen LogP contribution >= 0.6 is 0 Å². The first-order valence-corrected chi connectivity index (χ1v) is 21.1. The highest BCUT2D eigenvalue weighted by atomic mass is 16.3. The summed E-state index contributed by atoms with van der Waals surface area (Å²) >= 11 is 0. The molecule has 14 rings (SSSR count). The second-order valence-corrected chi connectivity index (χ2v) is 19.5. The molecule has 0 saturated heterocycles. The quantitative estimate of drug-likeness (QED) is 0.142. The predicted octanol–water partition coefficient (Wildman–Crippen LogP) is 11.5. The van der Waals surface area contributed by atoms with Gasteiger partial charge in [0.25, 0.3) is 6.71 Å². The number of fused-ring (bicyclic) bond motifs is 22. The third-order valence-corrected chi connectivity index (χ3v) is 14.0. The molecule has 0 saturated carbocycles. The molecule has 0 spiro atoms. The van der Waals surface area contributed by atoms with E-state index in [2.05, 4.69) is 188 Å². The maximum absolute atomic E-state index is 6.65. The average Bonchev–Trinajstić information content (AvgIpc) is 4.01. The largest absolute Gasteiger partial charge is 0.456 e. The number of aromatic nitrogens is 4. The molecule has 6 heteroatoms. The molecule has 7 aromatic carbocycles. The van der Waals surface area contributed by atoms with Crippen molar-refractivity contribution < 1.29 is 4.42 Å². The highest BCUT2D eigenvalue weighted by Crippen LogP contribution is 2.44. The van der Waals surface area contributed by atoms with E-state index in [1.54, 1.807) is 0 Å². The zero-order chi connectivity index (χ0) is 39.6. The lowest BCUT2D eigenvalue weighted by atomic mass is 9.34. The first-order chi connectivity index (χ1) is 28.5. The average molecular weight is 761 g/mol. The summed E-state index contributed by atoms with van der Waals surface area (Å²) in [6.45, 7) is 16.2. The summed E-state index contributed by atoms with van der Waals surface area (Å²) in [5, 5.41) is 7.48. The Balaban J connectivity index is 1.27. The lowest BCUT2D eigenvalue weighted by Gasteiger charge is -2.32. The summed E-state index contributed by atoms with van der Waals surface area (Å²) in [5.41, 5.74) is 22.4. The SMILES string of the molecule is Cc1cc2c3c(c1)-n1c4ccc(C(C)(C)C)cc4n4c5c(ccc6oc7ccccc7c65)c(c14)B3c1c3ccc4ccccc4c3n3c4cc(C(C)(C)C)ccc4n-2c13. The molecule has 2 aliphatic heterocycles. The van der Waals surface area contributed by atoms with E-state index >= 15 is 0 Å². The van der Waals surface area contributed by atoms with Crippen LogP contribution < -0.4 is 16.4 Å². The lowest BCUT2D eigenvalue weighted by Crippen LogP contribution is -2.59. The second-order valence-electron chi connectivity index (χ2n) is 19.5. The number of para-hydroxylation sites is 1. The molecule has 282 valence electrons. The van der Waals surface area contributed by atoms with Crippen molar-refractivity contribution in [2.45, 2.75) is 59.3 Å². The van der Waals surface area contributed by atoms with Gasteiger partial charge in [0.15, 0.2) is 0 Å². The topological polar surface area (TPSA) is 31.8 Å². The number of aryl methyl sites for hydroxylation is 1. The highest BCUT2D eigenvalue weighted by Gasteiger charge is 2.45. The van der Waals surface area contributed by atoms with E-state index in [0.29, 0.717) is 0 Å². The summed E-state index contributed by atoms with van der Waals surface area (Å²) < 4.78 is 17.1. The van der Waals surface area contributed by atoms with Gasteiger partial charge in [0.1, 0.15) is 22.5 Å². The van der Waals surface area contributed by atoms with Crippen molar-refractivity contribution in [2.24, 2.45) is 0 Å². The van der Waals surface area contributed by atoms with Crippen LogP contribution in [0.4, 0.5) is 0 Å². The minimum absolute atomic E-state index is 0.000828. The van der Waals surface area contributed by atoms with Crippen molar-refractivity contribution >= 4 is 111 Å². The van der Waals surface area contributed by atoms with E-state index in [-0.39, 0.29) is 17.5 Å². The number of imidazole rings is 2. The molecule has 0 fully saturated rings. The van der Waals surface area contributed by atoms with E-state index < -0.39 is 0 Å². The number of benzene rings is 7. The molecule has 2 aliphatic rings. The van der Waals surface area contributed by atoms with Gasteiger partial charge in [-0.25, -0.2) is 0 Å². The number of rotatable bonds is 0. The zero-order valence-electron chi connectivity index (χ0n) is 34.3. The number of nitrogens with zero attached hydrogens (tertiary/aromatic N) is 4. The van der Waals surface area contributed by atoms with Gasteiger partial charge in [-0.3, -0.25) is 17.9 Å². The van der Waals surface area contributed by atoms with E-state index in [4.69, 9.17) is 4.42 Å². The van der Waals surface area contributed by atoms with Gasteiger partial charge in [0.2, 0.25) is 0 Å². The van der Waals surface area contributed by atoms with Gasteiger partial charge in [-0.05, 0) is 122 Å². The van der Waals surface area contributed by atoms with E-state index in [1.807, 2.05) is 0 Å². The molecular formula is C53H41BN4O. The van der Waals surface area contributed by atoms with Crippen LogP contribution in [0.15, 0.2) is 126 Å². The summed E-state index contributed by atoms with van der Waals surface area (Å²) in [7, 11) is 0. The fourth-order valence-electron chi connectivity index (χ4n) is 11.4. The predicted molar refractivity (Wildman–Crippen MR) is 249 cm³/mol. The van der Waals surface area contributed by atoms with E-state index in [1.165, 1.54) is 116 Å². The number of hydrogen-bond acceptors (Lipinski definition) is 1. The Morgan fingerprint density at radius 3 is 1.68 bits per heavy atom. The molecular weight excluding hydrogens is 719 g/mol. The summed E-state index contributed by atoms with van der Waals surface area (Å²) in [6.07, 6.45) is 0. The Bertz CT molecular complexity index is 3940. The minimum Gasteiger partial charge on any atom is -0.456 e. The molecule has 59 heavy (non-hydrogen) atoms. The molecule has 5 nitrogen and oxygen atoms in total. The normalized spacial score (nSPS) is 14.0. The number of hydrogen-bond donors (Lipinski definition) is 0. The van der Waals surface area contributed by atoms with Crippen molar-refractivity contribution in [3.05, 3.63) is 138 Å². The number of furan rings is 1. The Kier molecular flexibility index (Phi) is 5.55. The fraction of sp³-hybridized carbons (Fsp3) is 0.170.